The van der Waals surface area contributed by atoms with E-state index < -0.39 is 0 Å². The molecule has 1 saturated heterocycles. The summed E-state index contributed by atoms with van der Waals surface area (Å²) in [4.78, 5) is 2.41. The summed E-state index contributed by atoms with van der Waals surface area (Å²) in [6, 6.07) is 8.80. The third kappa shape index (κ3) is 2.56. The highest BCUT2D eigenvalue weighted by molar-refractivity contribution is 7.80. The van der Waals surface area contributed by atoms with Gasteiger partial charge in [-0.15, -0.1) is 0 Å². The maximum atomic E-state index is 4.33. The van der Waals surface area contributed by atoms with E-state index in [1.165, 1.54) is 31.5 Å². The van der Waals surface area contributed by atoms with Crippen LogP contribution in [0, 0.1) is 6.92 Å². The van der Waals surface area contributed by atoms with E-state index in [0.29, 0.717) is 0 Å². The number of rotatable bonds is 2. The highest BCUT2D eigenvalue weighted by atomic mass is 32.1. The molecule has 0 unspecified atom stereocenters. The Hall–Kier alpha value is -0.470. The van der Waals surface area contributed by atoms with Gasteiger partial charge in [0, 0.05) is 5.88 Å². The fourth-order valence-electron chi connectivity index (χ4n) is 2.43. The molecule has 1 nitrogen and oxygen atoms in total. The van der Waals surface area contributed by atoms with Gasteiger partial charge in [-0.3, -0.25) is 4.90 Å². The van der Waals surface area contributed by atoms with Gasteiger partial charge in [-0.1, -0.05) is 24.3 Å². The van der Waals surface area contributed by atoms with Gasteiger partial charge >= 0.3 is 0 Å². The number of likely N-dealkylation sites (tertiary alicyclic amines) is 1. The van der Waals surface area contributed by atoms with E-state index in [1.54, 1.807) is 5.56 Å². The quantitative estimate of drug-likeness (QED) is 0.751. The molecule has 0 radical (unpaired) electrons. The van der Waals surface area contributed by atoms with Gasteiger partial charge in [0.05, 0.1) is 0 Å². The molecule has 0 saturated carbocycles. The predicted octanol–water partition coefficient (Wildman–Crippen LogP) is 3.06. The Morgan fingerprint density at radius 2 is 1.93 bits per heavy atom. The molecule has 1 aromatic carbocycles. The van der Waals surface area contributed by atoms with E-state index in [9.17, 15) is 0 Å². The van der Waals surface area contributed by atoms with Crippen LogP contribution < -0.4 is 0 Å². The molecule has 0 atom stereocenters. The summed E-state index contributed by atoms with van der Waals surface area (Å²) in [6.45, 7) is 4.62. The van der Waals surface area contributed by atoms with Crippen molar-refractivity contribution in [2.75, 3.05) is 19.0 Å². The summed E-state index contributed by atoms with van der Waals surface area (Å²) in [6.07, 6.45) is 2.57. The van der Waals surface area contributed by atoms with Crippen LogP contribution >= 0.6 is 12.6 Å². The number of hydrogen-bond donors (Lipinski definition) is 1. The van der Waals surface area contributed by atoms with Crippen molar-refractivity contribution in [3.8, 4) is 0 Å². The molecule has 0 aliphatic carbocycles. The molecule has 0 spiro atoms. The second kappa shape index (κ2) is 5.04. The van der Waals surface area contributed by atoms with Crippen molar-refractivity contribution in [1.82, 2.24) is 4.90 Å². The number of piperidine rings is 1. The Morgan fingerprint density at radius 1 is 1.27 bits per heavy atom. The molecule has 0 N–H and O–H groups in total. The van der Waals surface area contributed by atoms with Gasteiger partial charge in [0.25, 0.3) is 0 Å². The molecule has 0 bridgehead atoms. The van der Waals surface area contributed by atoms with Crippen molar-refractivity contribution in [3.63, 3.8) is 0 Å². The first-order chi connectivity index (χ1) is 7.31. The lowest BCUT2D eigenvalue weighted by molar-refractivity contribution is 0.246. The number of thiol groups is 1. The van der Waals surface area contributed by atoms with E-state index in [0.717, 1.165) is 11.8 Å². The zero-order valence-electron chi connectivity index (χ0n) is 9.32. The van der Waals surface area contributed by atoms with Crippen LogP contribution in [-0.4, -0.2) is 23.9 Å². The number of aryl methyl sites for hydroxylation is 1. The number of hydrogen-bond acceptors (Lipinski definition) is 2. The molecule has 0 aromatic heterocycles. The van der Waals surface area contributed by atoms with Crippen LogP contribution in [0.2, 0.25) is 0 Å². The van der Waals surface area contributed by atoms with Crippen molar-refractivity contribution in [2.45, 2.75) is 25.7 Å². The van der Waals surface area contributed by atoms with E-state index in [-0.39, 0.29) is 0 Å². The molecular weight excluding hydrogens is 202 g/mol. The molecule has 1 heterocycles. The monoisotopic (exact) mass is 221 g/mol. The first-order valence-corrected chi connectivity index (χ1v) is 6.33. The lowest BCUT2D eigenvalue weighted by Gasteiger charge is -2.31. The zero-order valence-corrected chi connectivity index (χ0v) is 10.2. The number of benzene rings is 1. The van der Waals surface area contributed by atoms with Crippen molar-refractivity contribution in [3.05, 3.63) is 35.4 Å². The highest BCUT2D eigenvalue weighted by Gasteiger charge is 2.20. The van der Waals surface area contributed by atoms with Crippen LogP contribution in [0.3, 0.4) is 0 Å². The van der Waals surface area contributed by atoms with E-state index >= 15 is 0 Å². The fourth-order valence-corrected chi connectivity index (χ4v) is 2.71. The van der Waals surface area contributed by atoms with E-state index in [1.807, 2.05) is 0 Å². The second-order valence-corrected chi connectivity index (χ2v) is 4.67. The average molecular weight is 221 g/mol. The number of nitrogens with zero attached hydrogens (tertiary/aromatic N) is 1. The second-order valence-electron chi connectivity index (χ2n) is 4.39. The van der Waals surface area contributed by atoms with Crippen LogP contribution in [0.4, 0.5) is 0 Å². The van der Waals surface area contributed by atoms with Gasteiger partial charge in [-0.25, -0.2) is 0 Å². The Morgan fingerprint density at radius 3 is 2.53 bits per heavy atom. The van der Waals surface area contributed by atoms with Crippen LogP contribution in [0.25, 0.3) is 0 Å². The smallest absolute Gasteiger partial charge is 0.0414 e. The maximum Gasteiger partial charge on any atom is 0.0414 e. The molecule has 2 rings (SSSR count). The minimum atomic E-state index is 0.766. The lowest BCUT2D eigenvalue weighted by Crippen LogP contribution is -2.32. The molecule has 1 fully saturated rings. The zero-order chi connectivity index (χ0) is 10.7. The molecule has 2 heteroatoms. The van der Waals surface area contributed by atoms with Crippen LogP contribution in [0.15, 0.2) is 24.3 Å². The summed E-state index contributed by atoms with van der Waals surface area (Å²) in [7, 11) is 0. The fraction of sp³-hybridized carbons (Fsp3) is 0.538. The largest absolute Gasteiger partial charge is 0.294 e. The first kappa shape index (κ1) is 11.0. The Kier molecular flexibility index (Phi) is 3.71. The lowest BCUT2D eigenvalue weighted by atomic mass is 9.87. The van der Waals surface area contributed by atoms with Gasteiger partial charge in [-0.2, -0.15) is 12.6 Å². The molecule has 1 aliphatic heterocycles. The highest BCUT2D eigenvalue weighted by Crippen LogP contribution is 2.29. The topological polar surface area (TPSA) is 3.24 Å². The van der Waals surface area contributed by atoms with Gasteiger partial charge in [0.1, 0.15) is 0 Å². The van der Waals surface area contributed by atoms with Crippen molar-refractivity contribution in [2.24, 2.45) is 0 Å². The predicted molar refractivity (Wildman–Crippen MR) is 68.6 cm³/mol. The summed E-state index contributed by atoms with van der Waals surface area (Å²) < 4.78 is 0. The third-order valence-corrected chi connectivity index (χ3v) is 3.82. The van der Waals surface area contributed by atoms with Crippen molar-refractivity contribution < 1.29 is 0 Å². The van der Waals surface area contributed by atoms with Crippen LogP contribution in [-0.2, 0) is 0 Å². The summed E-state index contributed by atoms with van der Waals surface area (Å²) in [5.74, 6) is 1.67. The minimum Gasteiger partial charge on any atom is -0.294 e. The van der Waals surface area contributed by atoms with Gasteiger partial charge in [0.2, 0.25) is 0 Å². The van der Waals surface area contributed by atoms with Crippen LogP contribution in [0.5, 0.6) is 0 Å². The summed E-state index contributed by atoms with van der Waals surface area (Å²) in [5.41, 5.74) is 3.00. The standard InChI is InChI=1S/C13H19NS/c1-11-4-2-3-5-13(11)12-6-8-14(10-15)9-7-12/h2-5,12,15H,6-10H2,1H3. The van der Waals surface area contributed by atoms with Crippen LogP contribution in [0.1, 0.15) is 29.9 Å². The molecule has 82 valence electrons. The minimum absolute atomic E-state index is 0.766. The van der Waals surface area contributed by atoms with E-state index in [4.69, 9.17) is 0 Å². The first-order valence-electron chi connectivity index (χ1n) is 5.70. The van der Waals surface area contributed by atoms with Gasteiger partial charge in [-0.05, 0) is 49.9 Å². The molecule has 0 amide bonds. The maximum absolute atomic E-state index is 4.33. The van der Waals surface area contributed by atoms with Crippen molar-refractivity contribution in [1.29, 1.82) is 0 Å². The Labute approximate surface area is 97.9 Å². The van der Waals surface area contributed by atoms with E-state index in [2.05, 4.69) is 48.7 Å². The summed E-state index contributed by atoms with van der Waals surface area (Å²) >= 11 is 4.33. The molecule has 15 heavy (non-hydrogen) atoms. The van der Waals surface area contributed by atoms with Gasteiger partial charge in [0.15, 0.2) is 0 Å². The average Bonchev–Trinajstić information content (AvgIpc) is 2.30. The SMILES string of the molecule is Cc1ccccc1C1CCN(CS)CC1. The third-order valence-electron chi connectivity index (χ3n) is 3.42. The summed E-state index contributed by atoms with van der Waals surface area (Å²) in [5, 5.41) is 0. The molecular formula is C13H19NS. The molecule has 1 aromatic rings. The Bertz CT molecular complexity index is 316. The van der Waals surface area contributed by atoms with Gasteiger partial charge < -0.3 is 0 Å². The normalized spacial score (nSPS) is 19.3. The Balaban J connectivity index is 2.04. The van der Waals surface area contributed by atoms with Crippen molar-refractivity contribution >= 4 is 12.6 Å². The molecule has 1 aliphatic rings.